The molecule has 1 amide bonds. The van der Waals surface area contributed by atoms with Crippen LogP contribution in [-0.2, 0) is 9.59 Å². The molecular formula is C8H11NO3. The largest absolute Gasteiger partial charge is 0.480 e. The van der Waals surface area contributed by atoms with E-state index in [1.165, 1.54) is 0 Å². The van der Waals surface area contributed by atoms with E-state index in [1.54, 1.807) is 0 Å². The number of carboxylic acid groups (broad SMARTS) is 1. The fraction of sp³-hybridized carbons (Fsp3) is 0.750. The van der Waals surface area contributed by atoms with E-state index >= 15 is 0 Å². The van der Waals surface area contributed by atoms with Crippen LogP contribution < -0.4 is 5.32 Å². The molecule has 12 heavy (non-hydrogen) atoms. The minimum absolute atomic E-state index is 0.0221. The molecule has 1 aliphatic heterocycles. The first-order valence-electron chi connectivity index (χ1n) is 4.23. The lowest BCUT2D eigenvalue weighted by atomic mass is 9.94. The standard InChI is InChI=1S/C8H11NO3/c10-7-5-3-1-2-4(5)6(9-7)8(11)12/h4-6H,1-3H2,(H,9,10)(H,11,12)/t4?,5?,6-/m0/s1. The Morgan fingerprint density at radius 3 is 2.92 bits per heavy atom. The topological polar surface area (TPSA) is 66.4 Å². The van der Waals surface area contributed by atoms with Gasteiger partial charge in [-0.1, -0.05) is 6.42 Å². The van der Waals surface area contributed by atoms with Gasteiger partial charge in [-0.05, 0) is 12.8 Å². The van der Waals surface area contributed by atoms with Gasteiger partial charge in [0.15, 0.2) is 0 Å². The van der Waals surface area contributed by atoms with Crippen molar-refractivity contribution in [3.8, 4) is 0 Å². The number of fused-ring (bicyclic) bond motifs is 1. The molecule has 2 rings (SSSR count). The summed E-state index contributed by atoms with van der Waals surface area (Å²) in [5.74, 6) is -0.927. The first kappa shape index (κ1) is 7.58. The van der Waals surface area contributed by atoms with Gasteiger partial charge in [-0.15, -0.1) is 0 Å². The third-order valence-corrected chi connectivity index (χ3v) is 2.90. The van der Waals surface area contributed by atoms with Crippen molar-refractivity contribution in [1.29, 1.82) is 0 Å². The van der Waals surface area contributed by atoms with Gasteiger partial charge in [-0.2, -0.15) is 0 Å². The number of carbonyl (C=O) groups is 2. The van der Waals surface area contributed by atoms with Gasteiger partial charge in [0.1, 0.15) is 6.04 Å². The molecule has 2 fully saturated rings. The highest BCUT2D eigenvalue weighted by atomic mass is 16.4. The van der Waals surface area contributed by atoms with Gasteiger partial charge >= 0.3 is 5.97 Å². The van der Waals surface area contributed by atoms with Crippen LogP contribution in [0.25, 0.3) is 0 Å². The fourth-order valence-corrected chi connectivity index (χ4v) is 2.33. The van der Waals surface area contributed by atoms with Crippen molar-refractivity contribution in [1.82, 2.24) is 5.32 Å². The SMILES string of the molecule is O=C1N[C@H](C(=O)O)C2CCCC12. The molecule has 1 saturated heterocycles. The molecule has 0 aromatic rings. The molecule has 1 heterocycles. The molecule has 0 aromatic heterocycles. The Labute approximate surface area is 69.9 Å². The van der Waals surface area contributed by atoms with Crippen molar-refractivity contribution in [2.75, 3.05) is 0 Å². The Bertz CT molecular complexity index is 238. The lowest BCUT2D eigenvalue weighted by Crippen LogP contribution is -2.36. The maximum atomic E-state index is 11.2. The Kier molecular flexibility index (Phi) is 1.56. The van der Waals surface area contributed by atoms with Gasteiger partial charge in [-0.25, -0.2) is 4.79 Å². The van der Waals surface area contributed by atoms with Gasteiger partial charge in [0.2, 0.25) is 5.91 Å². The van der Waals surface area contributed by atoms with Crippen LogP contribution in [0.4, 0.5) is 0 Å². The van der Waals surface area contributed by atoms with Crippen LogP contribution in [0.2, 0.25) is 0 Å². The highest BCUT2D eigenvalue weighted by Gasteiger charge is 2.47. The number of hydrogen-bond donors (Lipinski definition) is 2. The molecule has 66 valence electrons. The number of rotatable bonds is 1. The third kappa shape index (κ3) is 0.906. The zero-order chi connectivity index (χ0) is 8.72. The minimum Gasteiger partial charge on any atom is -0.480 e. The van der Waals surface area contributed by atoms with Crippen molar-refractivity contribution < 1.29 is 14.7 Å². The molecule has 2 aliphatic rings. The summed E-state index contributed by atoms with van der Waals surface area (Å²) in [6.45, 7) is 0. The van der Waals surface area contributed by atoms with E-state index in [0.717, 1.165) is 19.3 Å². The van der Waals surface area contributed by atoms with Crippen molar-refractivity contribution in [3.63, 3.8) is 0 Å². The van der Waals surface area contributed by atoms with E-state index < -0.39 is 12.0 Å². The normalized spacial score (nSPS) is 39.3. The highest BCUT2D eigenvalue weighted by molar-refractivity contribution is 5.90. The van der Waals surface area contributed by atoms with Gasteiger partial charge in [-0.3, -0.25) is 4.79 Å². The fourth-order valence-electron chi connectivity index (χ4n) is 2.33. The van der Waals surface area contributed by atoms with Crippen molar-refractivity contribution >= 4 is 11.9 Å². The van der Waals surface area contributed by atoms with Gasteiger partial charge in [0, 0.05) is 11.8 Å². The monoisotopic (exact) mass is 169 g/mol. The summed E-state index contributed by atoms with van der Waals surface area (Å²) in [6.07, 6.45) is 2.73. The number of amides is 1. The maximum Gasteiger partial charge on any atom is 0.326 e. The predicted octanol–water partition coefficient (Wildman–Crippen LogP) is -0.0143. The molecule has 2 N–H and O–H groups in total. The number of nitrogens with one attached hydrogen (secondary N) is 1. The van der Waals surface area contributed by atoms with Crippen LogP contribution in [0.5, 0.6) is 0 Å². The Morgan fingerprint density at radius 2 is 2.25 bits per heavy atom. The van der Waals surface area contributed by atoms with Crippen molar-refractivity contribution in [2.24, 2.45) is 11.8 Å². The molecule has 0 radical (unpaired) electrons. The summed E-state index contributed by atoms with van der Waals surface area (Å²) < 4.78 is 0. The first-order chi connectivity index (χ1) is 5.70. The minimum atomic E-state index is -0.891. The molecule has 3 atom stereocenters. The van der Waals surface area contributed by atoms with Crippen LogP contribution in [-0.4, -0.2) is 23.0 Å². The van der Waals surface area contributed by atoms with Crippen LogP contribution >= 0.6 is 0 Å². The summed E-state index contributed by atoms with van der Waals surface area (Å²) in [5, 5.41) is 11.3. The summed E-state index contributed by atoms with van der Waals surface area (Å²) >= 11 is 0. The van der Waals surface area contributed by atoms with Gasteiger partial charge in [0.05, 0.1) is 0 Å². The average molecular weight is 169 g/mol. The summed E-state index contributed by atoms with van der Waals surface area (Å²) in [5.41, 5.74) is 0. The molecule has 0 spiro atoms. The van der Waals surface area contributed by atoms with Crippen molar-refractivity contribution in [3.05, 3.63) is 0 Å². The Balaban J connectivity index is 2.20. The lowest BCUT2D eigenvalue weighted by Gasteiger charge is -2.10. The predicted molar refractivity (Wildman–Crippen MR) is 40.4 cm³/mol. The van der Waals surface area contributed by atoms with E-state index in [4.69, 9.17) is 5.11 Å². The molecule has 1 aliphatic carbocycles. The zero-order valence-electron chi connectivity index (χ0n) is 6.62. The molecule has 1 saturated carbocycles. The molecule has 2 unspecified atom stereocenters. The summed E-state index contributed by atoms with van der Waals surface area (Å²) in [6, 6.07) is -0.620. The molecule has 4 heteroatoms. The quantitative estimate of drug-likeness (QED) is 0.580. The second kappa shape index (κ2) is 2.47. The zero-order valence-corrected chi connectivity index (χ0v) is 6.62. The van der Waals surface area contributed by atoms with Crippen molar-refractivity contribution in [2.45, 2.75) is 25.3 Å². The molecule has 0 bridgehead atoms. The van der Waals surface area contributed by atoms with Crippen LogP contribution in [0.3, 0.4) is 0 Å². The lowest BCUT2D eigenvalue weighted by molar-refractivity contribution is -0.140. The van der Waals surface area contributed by atoms with E-state index in [9.17, 15) is 9.59 Å². The number of carboxylic acids is 1. The van der Waals surface area contributed by atoms with Gasteiger partial charge < -0.3 is 10.4 Å². The van der Waals surface area contributed by atoms with Crippen LogP contribution in [0.1, 0.15) is 19.3 Å². The third-order valence-electron chi connectivity index (χ3n) is 2.90. The average Bonchev–Trinajstić information content (AvgIpc) is 2.53. The molecule has 4 nitrogen and oxygen atoms in total. The number of carbonyl (C=O) groups excluding carboxylic acids is 1. The number of aliphatic carboxylic acids is 1. The Morgan fingerprint density at radius 1 is 1.50 bits per heavy atom. The number of hydrogen-bond acceptors (Lipinski definition) is 2. The van der Waals surface area contributed by atoms with E-state index in [1.807, 2.05) is 0 Å². The second-order valence-electron chi connectivity index (χ2n) is 3.53. The summed E-state index contributed by atoms with van der Waals surface area (Å²) in [7, 11) is 0. The first-order valence-corrected chi connectivity index (χ1v) is 4.23. The smallest absolute Gasteiger partial charge is 0.326 e. The van der Waals surface area contributed by atoms with E-state index in [2.05, 4.69) is 5.32 Å². The Hall–Kier alpha value is -1.06. The van der Waals surface area contributed by atoms with E-state index in [0.29, 0.717) is 0 Å². The highest BCUT2D eigenvalue weighted by Crippen LogP contribution is 2.38. The van der Waals surface area contributed by atoms with Crippen LogP contribution in [0, 0.1) is 11.8 Å². The maximum absolute atomic E-state index is 11.2. The second-order valence-corrected chi connectivity index (χ2v) is 3.53. The van der Waals surface area contributed by atoms with Crippen LogP contribution in [0.15, 0.2) is 0 Å². The summed E-state index contributed by atoms with van der Waals surface area (Å²) in [4.78, 5) is 21.9. The molecular weight excluding hydrogens is 158 g/mol. The van der Waals surface area contributed by atoms with Gasteiger partial charge in [0.25, 0.3) is 0 Å². The van der Waals surface area contributed by atoms with E-state index in [-0.39, 0.29) is 17.7 Å². The molecule has 0 aromatic carbocycles.